The zero-order valence-corrected chi connectivity index (χ0v) is 12.9. The summed E-state index contributed by atoms with van der Waals surface area (Å²) in [6, 6.07) is 8.28. The number of halogens is 2. The molecular formula is C18H21F2N. The molecule has 0 bridgehead atoms. The fraction of sp³-hybridized carbons (Fsp3) is 0.333. The summed E-state index contributed by atoms with van der Waals surface area (Å²) in [5, 5.41) is 3.20. The Morgan fingerprint density at radius 3 is 2.33 bits per heavy atom. The minimum atomic E-state index is -0.510. The van der Waals surface area contributed by atoms with Gasteiger partial charge < -0.3 is 5.32 Å². The molecule has 1 atom stereocenters. The molecule has 1 N–H and O–H groups in total. The third-order valence-corrected chi connectivity index (χ3v) is 3.75. The van der Waals surface area contributed by atoms with Gasteiger partial charge in [-0.1, -0.05) is 36.8 Å². The van der Waals surface area contributed by atoms with Gasteiger partial charge in [0.25, 0.3) is 0 Å². The lowest BCUT2D eigenvalue weighted by molar-refractivity contribution is 0.505. The zero-order chi connectivity index (χ0) is 15.6. The van der Waals surface area contributed by atoms with E-state index in [1.54, 1.807) is 6.92 Å². The molecule has 2 aromatic carbocycles. The Balaban J connectivity index is 2.61. The van der Waals surface area contributed by atoms with Gasteiger partial charge in [-0.15, -0.1) is 0 Å². The Morgan fingerprint density at radius 1 is 1.00 bits per heavy atom. The molecule has 0 aliphatic heterocycles. The van der Waals surface area contributed by atoms with Crippen molar-refractivity contribution >= 4 is 0 Å². The van der Waals surface area contributed by atoms with Gasteiger partial charge in [0.1, 0.15) is 11.6 Å². The Kier molecular flexibility index (Phi) is 4.73. The molecule has 2 aromatic rings. The molecule has 1 nitrogen and oxygen atoms in total. The molecule has 21 heavy (non-hydrogen) atoms. The van der Waals surface area contributed by atoms with Crippen molar-refractivity contribution in [3.63, 3.8) is 0 Å². The Hall–Kier alpha value is -1.74. The van der Waals surface area contributed by atoms with E-state index in [-0.39, 0.29) is 5.56 Å². The first-order chi connectivity index (χ1) is 9.95. The minimum Gasteiger partial charge on any atom is -0.306 e. The monoisotopic (exact) mass is 289 g/mol. The molecule has 0 heterocycles. The third kappa shape index (κ3) is 3.13. The molecule has 0 saturated heterocycles. The summed E-state index contributed by atoms with van der Waals surface area (Å²) in [4.78, 5) is 0. The second-order valence-electron chi connectivity index (χ2n) is 5.44. The maximum Gasteiger partial charge on any atom is 0.134 e. The van der Waals surface area contributed by atoms with Gasteiger partial charge in [0.15, 0.2) is 0 Å². The maximum atomic E-state index is 14.5. The highest BCUT2D eigenvalue weighted by molar-refractivity contribution is 5.41. The molecule has 0 spiro atoms. The van der Waals surface area contributed by atoms with Gasteiger partial charge in [0, 0.05) is 5.56 Å². The lowest BCUT2D eigenvalue weighted by Crippen LogP contribution is -2.25. The number of aryl methyl sites for hydroxylation is 3. The Bertz CT molecular complexity index is 650. The van der Waals surface area contributed by atoms with E-state index in [0.717, 1.165) is 16.7 Å². The van der Waals surface area contributed by atoms with E-state index in [1.807, 2.05) is 39.0 Å². The summed E-state index contributed by atoms with van der Waals surface area (Å²) in [6.45, 7) is 8.20. The van der Waals surface area contributed by atoms with Crippen LogP contribution in [-0.2, 0) is 0 Å². The van der Waals surface area contributed by atoms with E-state index in [1.165, 1.54) is 12.1 Å². The average molecular weight is 289 g/mol. The first-order valence-electron chi connectivity index (χ1n) is 7.20. The average Bonchev–Trinajstić information content (AvgIpc) is 2.43. The van der Waals surface area contributed by atoms with Gasteiger partial charge in [0.05, 0.1) is 6.04 Å². The predicted molar refractivity (Wildman–Crippen MR) is 82.5 cm³/mol. The van der Waals surface area contributed by atoms with E-state index >= 15 is 0 Å². The van der Waals surface area contributed by atoms with Crippen LogP contribution in [0.15, 0.2) is 30.3 Å². The summed E-state index contributed by atoms with van der Waals surface area (Å²) in [7, 11) is 0. The van der Waals surface area contributed by atoms with E-state index in [9.17, 15) is 8.78 Å². The third-order valence-electron chi connectivity index (χ3n) is 3.75. The summed E-state index contributed by atoms with van der Waals surface area (Å²) >= 11 is 0. The SMILES string of the molecule is CCNC(c1ccc(C)cc1C)c1c(F)ccc(C)c1F. The van der Waals surface area contributed by atoms with Crippen LogP contribution < -0.4 is 5.32 Å². The smallest absolute Gasteiger partial charge is 0.134 e. The highest BCUT2D eigenvalue weighted by atomic mass is 19.1. The predicted octanol–water partition coefficient (Wildman–Crippen LogP) is 4.59. The largest absolute Gasteiger partial charge is 0.306 e. The van der Waals surface area contributed by atoms with Gasteiger partial charge in [-0.3, -0.25) is 0 Å². The van der Waals surface area contributed by atoms with Gasteiger partial charge in [-0.05, 0) is 50.1 Å². The van der Waals surface area contributed by atoms with Crippen molar-refractivity contribution < 1.29 is 8.78 Å². The number of nitrogens with one attached hydrogen (secondary N) is 1. The molecule has 0 amide bonds. The Morgan fingerprint density at radius 2 is 1.71 bits per heavy atom. The topological polar surface area (TPSA) is 12.0 Å². The molecule has 3 heteroatoms. The molecule has 0 saturated carbocycles. The zero-order valence-electron chi connectivity index (χ0n) is 12.9. The van der Waals surface area contributed by atoms with Crippen LogP contribution in [0.3, 0.4) is 0 Å². The van der Waals surface area contributed by atoms with Crippen molar-refractivity contribution in [2.75, 3.05) is 6.54 Å². The van der Waals surface area contributed by atoms with Crippen LogP contribution in [0.25, 0.3) is 0 Å². The molecule has 112 valence electrons. The van der Waals surface area contributed by atoms with E-state index < -0.39 is 17.7 Å². The molecule has 1 unspecified atom stereocenters. The quantitative estimate of drug-likeness (QED) is 0.868. The first-order valence-corrected chi connectivity index (χ1v) is 7.20. The van der Waals surface area contributed by atoms with Crippen molar-refractivity contribution in [3.8, 4) is 0 Å². The summed E-state index contributed by atoms with van der Waals surface area (Å²) in [5.74, 6) is -0.982. The van der Waals surface area contributed by atoms with Crippen molar-refractivity contribution in [1.82, 2.24) is 5.32 Å². The second kappa shape index (κ2) is 6.35. The summed E-state index contributed by atoms with van der Waals surface area (Å²) in [5.41, 5.74) is 3.63. The maximum absolute atomic E-state index is 14.5. The number of rotatable bonds is 4. The van der Waals surface area contributed by atoms with E-state index in [4.69, 9.17) is 0 Å². The molecule has 0 aliphatic rings. The van der Waals surface area contributed by atoms with Crippen molar-refractivity contribution in [3.05, 3.63) is 69.8 Å². The lowest BCUT2D eigenvalue weighted by Gasteiger charge is -2.23. The van der Waals surface area contributed by atoms with Crippen LogP contribution in [0.2, 0.25) is 0 Å². The lowest BCUT2D eigenvalue weighted by atomic mass is 9.92. The van der Waals surface area contributed by atoms with E-state index in [0.29, 0.717) is 12.1 Å². The van der Waals surface area contributed by atoms with Crippen molar-refractivity contribution in [2.24, 2.45) is 0 Å². The van der Waals surface area contributed by atoms with Crippen LogP contribution in [0.5, 0.6) is 0 Å². The van der Waals surface area contributed by atoms with Crippen LogP contribution >= 0.6 is 0 Å². The van der Waals surface area contributed by atoms with Gasteiger partial charge in [-0.25, -0.2) is 8.78 Å². The van der Waals surface area contributed by atoms with Crippen molar-refractivity contribution in [1.29, 1.82) is 0 Å². The number of hydrogen-bond acceptors (Lipinski definition) is 1. The molecule has 2 rings (SSSR count). The van der Waals surface area contributed by atoms with Gasteiger partial charge in [0.2, 0.25) is 0 Å². The van der Waals surface area contributed by atoms with Crippen LogP contribution in [0, 0.1) is 32.4 Å². The fourth-order valence-corrected chi connectivity index (χ4v) is 2.66. The fourth-order valence-electron chi connectivity index (χ4n) is 2.66. The highest BCUT2D eigenvalue weighted by Gasteiger charge is 2.23. The molecule has 0 aromatic heterocycles. The number of benzene rings is 2. The normalized spacial score (nSPS) is 12.5. The molecule has 0 aliphatic carbocycles. The van der Waals surface area contributed by atoms with Crippen LogP contribution in [0.4, 0.5) is 8.78 Å². The second-order valence-corrected chi connectivity index (χ2v) is 5.44. The highest BCUT2D eigenvalue weighted by Crippen LogP contribution is 2.30. The Labute approximate surface area is 125 Å². The first kappa shape index (κ1) is 15.6. The molecule has 0 radical (unpaired) electrons. The molecular weight excluding hydrogens is 268 g/mol. The molecule has 0 fully saturated rings. The number of hydrogen-bond donors (Lipinski definition) is 1. The van der Waals surface area contributed by atoms with Crippen LogP contribution in [0.1, 0.15) is 40.8 Å². The van der Waals surface area contributed by atoms with Gasteiger partial charge in [-0.2, -0.15) is 0 Å². The summed E-state index contributed by atoms with van der Waals surface area (Å²) in [6.07, 6.45) is 0. The van der Waals surface area contributed by atoms with E-state index in [2.05, 4.69) is 5.32 Å². The summed E-state index contributed by atoms with van der Waals surface area (Å²) < 4.78 is 28.7. The van der Waals surface area contributed by atoms with Crippen molar-refractivity contribution in [2.45, 2.75) is 33.7 Å². The standard InChI is InChI=1S/C18H21F2N/c1-5-21-18(14-8-6-11(2)10-13(14)4)16-15(19)9-7-12(3)17(16)20/h6-10,18,21H,5H2,1-4H3. The van der Waals surface area contributed by atoms with Crippen LogP contribution in [-0.4, -0.2) is 6.54 Å². The van der Waals surface area contributed by atoms with Gasteiger partial charge >= 0.3 is 0 Å². The minimum absolute atomic E-state index is 0.101.